The van der Waals surface area contributed by atoms with Gasteiger partial charge in [0.1, 0.15) is 6.04 Å². The summed E-state index contributed by atoms with van der Waals surface area (Å²) >= 11 is 5.92. The Bertz CT molecular complexity index is 802. The molecular weight excluding hydrogens is 440 g/mol. The van der Waals surface area contributed by atoms with E-state index in [-0.39, 0.29) is 35.8 Å². The van der Waals surface area contributed by atoms with Crippen LogP contribution in [-0.4, -0.2) is 54.0 Å². The highest BCUT2D eigenvalue weighted by Gasteiger charge is 2.33. The number of rotatable bonds is 7. The molecule has 33 heavy (non-hydrogen) atoms. The van der Waals surface area contributed by atoms with Crippen LogP contribution in [0.25, 0.3) is 0 Å². The molecule has 1 aliphatic heterocycles. The normalized spacial score (nSPS) is 19.4. The van der Waals surface area contributed by atoms with Gasteiger partial charge in [0.2, 0.25) is 5.91 Å². The topological polar surface area (TPSA) is 90.5 Å². The zero-order chi connectivity index (χ0) is 23.8. The summed E-state index contributed by atoms with van der Waals surface area (Å²) in [6.45, 7) is 5.13. The predicted molar refractivity (Wildman–Crippen MR) is 130 cm³/mol. The van der Waals surface area contributed by atoms with Gasteiger partial charge in [0.15, 0.2) is 0 Å². The Morgan fingerprint density at radius 3 is 2.12 bits per heavy atom. The monoisotopic (exact) mass is 476 g/mol. The van der Waals surface area contributed by atoms with E-state index in [0.717, 1.165) is 19.3 Å². The minimum absolute atomic E-state index is 0.00543. The third-order valence-electron chi connectivity index (χ3n) is 6.95. The molecule has 0 radical (unpaired) electrons. The lowest BCUT2D eigenvalue weighted by molar-refractivity contribution is -0.135. The number of hydrogen-bond donors (Lipinski definition) is 3. The molecule has 2 fully saturated rings. The summed E-state index contributed by atoms with van der Waals surface area (Å²) in [6, 6.07) is 6.30. The number of hydrogen-bond acceptors (Lipinski definition) is 3. The van der Waals surface area contributed by atoms with Gasteiger partial charge >= 0.3 is 6.03 Å². The van der Waals surface area contributed by atoms with Gasteiger partial charge in [-0.15, -0.1) is 0 Å². The first-order valence-electron chi connectivity index (χ1n) is 12.3. The molecule has 182 valence electrons. The van der Waals surface area contributed by atoms with Crippen molar-refractivity contribution >= 4 is 29.4 Å². The lowest BCUT2D eigenvalue weighted by Gasteiger charge is -2.36. The van der Waals surface area contributed by atoms with E-state index in [1.54, 1.807) is 24.3 Å². The molecule has 2 aliphatic rings. The van der Waals surface area contributed by atoms with Crippen LogP contribution in [0.5, 0.6) is 0 Å². The number of nitrogens with one attached hydrogen (secondary N) is 3. The van der Waals surface area contributed by atoms with Crippen LogP contribution in [0, 0.1) is 5.92 Å². The molecule has 1 saturated carbocycles. The standard InChI is InChI=1S/C25H37ClN4O3/c1-3-17(2)22(29-23(31)18-9-11-19(26)12-10-18)24(32)30-15-13-21(14-16-30)28-25(33)27-20-7-5-4-6-8-20/h9-12,17,20-22H,3-8,13-16H2,1-2H3,(H,29,31)(H2,27,28,33). The molecule has 0 aromatic heterocycles. The maximum absolute atomic E-state index is 13.3. The molecule has 1 aromatic carbocycles. The van der Waals surface area contributed by atoms with E-state index in [2.05, 4.69) is 16.0 Å². The van der Waals surface area contributed by atoms with Gasteiger partial charge in [-0.2, -0.15) is 0 Å². The maximum atomic E-state index is 13.3. The van der Waals surface area contributed by atoms with Gasteiger partial charge in [-0.25, -0.2) is 4.79 Å². The Labute approximate surface area is 202 Å². The zero-order valence-electron chi connectivity index (χ0n) is 19.7. The van der Waals surface area contributed by atoms with Gasteiger partial charge < -0.3 is 20.9 Å². The summed E-state index contributed by atoms with van der Waals surface area (Å²) in [7, 11) is 0. The van der Waals surface area contributed by atoms with Gasteiger partial charge in [-0.1, -0.05) is 51.1 Å². The summed E-state index contributed by atoms with van der Waals surface area (Å²) in [5.74, 6) is -0.330. The van der Waals surface area contributed by atoms with E-state index in [1.807, 2.05) is 18.7 Å². The molecule has 0 spiro atoms. The number of nitrogens with zero attached hydrogens (tertiary/aromatic N) is 1. The van der Waals surface area contributed by atoms with E-state index in [0.29, 0.717) is 36.5 Å². The third-order valence-corrected chi connectivity index (χ3v) is 7.21. The minimum atomic E-state index is -0.586. The molecule has 1 aromatic rings. The van der Waals surface area contributed by atoms with Crippen LogP contribution in [0.2, 0.25) is 5.02 Å². The second-order valence-corrected chi connectivity index (χ2v) is 9.83. The third kappa shape index (κ3) is 7.36. The van der Waals surface area contributed by atoms with Crippen LogP contribution in [-0.2, 0) is 4.79 Å². The second kappa shape index (κ2) is 12.3. The number of halogens is 1. The quantitative estimate of drug-likeness (QED) is 0.553. The lowest BCUT2D eigenvalue weighted by Crippen LogP contribution is -2.56. The summed E-state index contributed by atoms with van der Waals surface area (Å²) in [4.78, 5) is 40.2. The first kappa shape index (κ1) is 25.3. The van der Waals surface area contributed by atoms with Crippen molar-refractivity contribution in [3.8, 4) is 0 Å². The average Bonchev–Trinajstić information content (AvgIpc) is 2.83. The van der Waals surface area contributed by atoms with Crippen LogP contribution in [0.4, 0.5) is 4.79 Å². The summed E-state index contributed by atoms with van der Waals surface area (Å²) < 4.78 is 0. The largest absolute Gasteiger partial charge is 0.341 e. The second-order valence-electron chi connectivity index (χ2n) is 9.40. The maximum Gasteiger partial charge on any atom is 0.315 e. The smallest absolute Gasteiger partial charge is 0.315 e. The van der Waals surface area contributed by atoms with Crippen LogP contribution >= 0.6 is 11.6 Å². The van der Waals surface area contributed by atoms with Crippen molar-refractivity contribution in [2.75, 3.05) is 13.1 Å². The molecular formula is C25H37ClN4O3. The average molecular weight is 477 g/mol. The van der Waals surface area contributed by atoms with Gasteiger partial charge in [0.05, 0.1) is 0 Å². The van der Waals surface area contributed by atoms with E-state index < -0.39 is 6.04 Å². The molecule has 8 heteroatoms. The fraction of sp³-hybridized carbons (Fsp3) is 0.640. The number of urea groups is 1. The van der Waals surface area contributed by atoms with Crippen molar-refractivity contribution < 1.29 is 14.4 Å². The number of amides is 4. The Hall–Kier alpha value is -2.28. The minimum Gasteiger partial charge on any atom is -0.341 e. The van der Waals surface area contributed by atoms with Crippen molar-refractivity contribution in [3.05, 3.63) is 34.9 Å². The summed E-state index contributed by atoms with van der Waals surface area (Å²) in [5.41, 5.74) is 0.479. The highest BCUT2D eigenvalue weighted by atomic mass is 35.5. The SMILES string of the molecule is CCC(C)C(NC(=O)c1ccc(Cl)cc1)C(=O)N1CCC(NC(=O)NC2CCCCC2)CC1. The molecule has 1 aliphatic carbocycles. The Kier molecular flexibility index (Phi) is 9.41. The van der Waals surface area contributed by atoms with E-state index in [4.69, 9.17) is 11.6 Å². The van der Waals surface area contributed by atoms with Gasteiger partial charge in [-0.05, 0) is 55.9 Å². The van der Waals surface area contributed by atoms with Crippen LogP contribution < -0.4 is 16.0 Å². The predicted octanol–water partition coefficient (Wildman–Crippen LogP) is 4.11. The molecule has 2 unspecified atom stereocenters. The van der Waals surface area contributed by atoms with Crippen molar-refractivity contribution in [1.29, 1.82) is 0 Å². The lowest BCUT2D eigenvalue weighted by atomic mass is 9.95. The van der Waals surface area contributed by atoms with E-state index in [9.17, 15) is 14.4 Å². The van der Waals surface area contributed by atoms with Gasteiger partial charge in [0, 0.05) is 35.8 Å². The highest BCUT2D eigenvalue weighted by Crippen LogP contribution is 2.19. The number of carbonyl (C=O) groups is 3. The van der Waals surface area contributed by atoms with Crippen molar-refractivity contribution in [2.24, 2.45) is 5.92 Å². The zero-order valence-corrected chi connectivity index (χ0v) is 20.5. The molecule has 3 rings (SSSR count). The summed E-state index contributed by atoms with van der Waals surface area (Å²) in [6.07, 6.45) is 7.91. The molecule has 4 amide bonds. The fourth-order valence-corrected chi connectivity index (χ4v) is 4.74. The van der Waals surface area contributed by atoms with Crippen molar-refractivity contribution in [1.82, 2.24) is 20.9 Å². The first-order valence-corrected chi connectivity index (χ1v) is 12.7. The fourth-order valence-electron chi connectivity index (χ4n) is 4.61. The number of carbonyl (C=O) groups excluding carboxylic acids is 3. The van der Waals surface area contributed by atoms with Crippen LogP contribution in [0.1, 0.15) is 75.6 Å². The summed E-state index contributed by atoms with van der Waals surface area (Å²) in [5, 5.41) is 9.67. The number of benzene rings is 1. The van der Waals surface area contributed by atoms with E-state index >= 15 is 0 Å². The molecule has 7 nitrogen and oxygen atoms in total. The molecule has 0 bridgehead atoms. The number of likely N-dealkylation sites (tertiary alicyclic amines) is 1. The molecule has 1 heterocycles. The molecule has 1 saturated heterocycles. The molecule has 3 N–H and O–H groups in total. The van der Waals surface area contributed by atoms with Crippen molar-refractivity contribution in [2.45, 2.75) is 83.3 Å². The van der Waals surface area contributed by atoms with Gasteiger partial charge in [0.25, 0.3) is 5.91 Å². The van der Waals surface area contributed by atoms with Crippen molar-refractivity contribution in [3.63, 3.8) is 0 Å². The Morgan fingerprint density at radius 1 is 0.970 bits per heavy atom. The Balaban J connectivity index is 1.51. The number of piperidine rings is 1. The van der Waals surface area contributed by atoms with Crippen LogP contribution in [0.15, 0.2) is 24.3 Å². The highest BCUT2D eigenvalue weighted by molar-refractivity contribution is 6.30. The van der Waals surface area contributed by atoms with Crippen LogP contribution in [0.3, 0.4) is 0 Å². The molecule has 2 atom stereocenters. The van der Waals surface area contributed by atoms with E-state index in [1.165, 1.54) is 19.3 Å². The van der Waals surface area contributed by atoms with Gasteiger partial charge in [-0.3, -0.25) is 9.59 Å². The Morgan fingerprint density at radius 2 is 1.55 bits per heavy atom. The first-order chi connectivity index (χ1) is 15.9.